The van der Waals surface area contributed by atoms with E-state index in [1.807, 2.05) is 20.8 Å². The maximum atomic E-state index is 8.72. The molecule has 1 saturated carbocycles. The molecule has 1 fully saturated rings. The van der Waals surface area contributed by atoms with Crippen LogP contribution in [-0.4, -0.2) is 12.2 Å². The number of rotatable bonds is 2. The highest BCUT2D eigenvalue weighted by molar-refractivity contribution is 5.09. The molecule has 0 amide bonds. The number of nitrogens with zero attached hydrogens (tertiary/aromatic N) is 1. The Morgan fingerprint density at radius 2 is 2.00 bits per heavy atom. The maximum Gasteiger partial charge on any atom is 0.0808 e. The summed E-state index contributed by atoms with van der Waals surface area (Å²) in [5.41, 5.74) is -0.222. The lowest BCUT2D eigenvalue weighted by atomic mass is 10.1. The zero-order chi connectivity index (χ0) is 8.54. The molecule has 2 nitrogen and oxygen atoms in total. The van der Waals surface area contributed by atoms with Crippen molar-refractivity contribution in [2.24, 2.45) is 5.41 Å². The minimum absolute atomic E-state index is 0.105. The highest BCUT2D eigenvalue weighted by Gasteiger charge is 2.44. The van der Waals surface area contributed by atoms with Crippen LogP contribution in [-0.2, 0) is 4.74 Å². The summed E-state index contributed by atoms with van der Waals surface area (Å²) in [6, 6.07) is 2.30. The molecule has 0 radical (unpaired) electrons. The van der Waals surface area contributed by atoms with Crippen LogP contribution in [0.4, 0.5) is 0 Å². The standard InChI is InChI=1S/C9H15NO/c1-8(2,3)11-7-9(6-10)4-5-9/h4-5,7H2,1-3H3. The van der Waals surface area contributed by atoms with Gasteiger partial charge in [0.15, 0.2) is 0 Å². The fraction of sp³-hybridized carbons (Fsp3) is 0.889. The van der Waals surface area contributed by atoms with E-state index >= 15 is 0 Å². The minimum atomic E-state index is -0.118. The minimum Gasteiger partial charge on any atom is -0.374 e. The summed E-state index contributed by atoms with van der Waals surface area (Å²) in [5, 5.41) is 8.72. The number of ether oxygens (including phenoxy) is 1. The monoisotopic (exact) mass is 153 g/mol. The van der Waals surface area contributed by atoms with Gasteiger partial charge < -0.3 is 4.74 Å². The Balaban J connectivity index is 2.29. The fourth-order valence-corrected chi connectivity index (χ4v) is 0.794. The molecular formula is C9H15NO. The maximum absolute atomic E-state index is 8.72. The summed E-state index contributed by atoms with van der Waals surface area (Å²) in [6.45, 7) is 6.65. The van der Waals surface area contributed by atoms with Crippen LogP contribution in [0.25, 0.3) is 0 Å². The second-order valence-electron chi connectivity index (χ2n) is 4.29. The molecule has 0 unspecified atom stereocenters. The van der Waals surface area contributed by atoms with E-state index < -0.39 is 0 Å². The van der Waals surface area contributed by atoms with Crippen LogP contribution in [0.1, 0.15) is 33.6 Å². The third-order valence-electron chi connectivity index (χ3n) is 1.87. The first-order chi connectivity index (χ1) is 4.97. The summed E-state index contributed by atoms with van der Waals surface area (Å²) >= 11 is 0. The lowest BCUT2D eigenvalue weighted by Crippen LogP contribution is -2.23. The Kier molecular flexibility index (Phi) is 1.94. The molecular weight excluding hydrogens is 138 g/mol. The van der Waals surface area contributed by atoms with Crippen LogP contribution in [0.2, 0.25) is 0 Å². The highest BCUT2D eigenvalue weighted by Crippen LogP contribution is 2.45. The zero-order valence-corrected chi connectivity index (χ0v) is 7.48. The molecule has 0 N–H and O–H groups in total. The topological polar surface area (TPSA) is 33.0 Å². The van der Waals surface area contributed by atoms with Gasteiger partial charge in [0.25, 0.3) is 0 Å². The largest absolute Gasteiger partial charge is 0.374 e. The van der Waals surface area contributed by atoms with Gasteiger partial charge in [0, 0.05) is 0 Å². The third-order valence-corrected chi connectivity index (χ3v) is 1.87. The molecule has 1 aliphatic carbocycles. The van der Waals surface area contributed by atoms with Crippen molar-refractivity contribution in [3.8, 4) is 6.07 Å². The molecule has 0 aliphatic heterocycles. The molecule has 11 heavy (non-hydrogen) atoms. The average Bonchev–Trinajstić information content (AvgIpc) is 2.63. The van der Waals surface area contributed by atoms with Crippen LogP contribution >= 0.6 is 0 Å². The third kappa shape index (κ3) is 2.51. The molecule has 0 aromatic carbocycles. The van der Waals surface area contributed by atoms with E-state index in [2.05, 4.69) is 6.07 Å². The van der Waals surface area contributed by atoms with Gasteiger partial charge in [-0.3, -0.25) is 0 Å². The van der Waals surface area contributed by atoms with Crippen LogP contribution < -0.4 is 0 Å². The summed E-state index contributed by atoms with van der Waals surface area (Å²) in [4.78, 5) is 0. The highest BCUT2D eigenvalue weighted by atomic mass is 16.5. The fourth-order valence-electron chi connectivity index (χ4n) is 0.794. The van der Waals surface area contributed by atoms with E-state index in [0.717, 1.165) is 12.8 Å². The molecule has 1 aliphatic rings. The van der Waals surface area contributed by atoms with Crippen molar-refractivity contribution in [1.82, 2.24) is 0 Å². The molecule has 0 spiro atoms. The summed E-state index contributed by atoms with van der Waals surface area (Å²) in [7, 11) is 0. The van der Waals surface area contributed by atoms with Gasteiger partial charge in [0.05, 0.1) is 23.7 Å². The van der Waals surface area contributed by atoms with E-state index in [-0.39, 0.29) is 11.0 Å². The van der Waals surface area contributed by atoms with Crippen molar-refractivity contribution >= 4 is 0 Å². The molecule has 62 valence electrons. The van der Waals surface area contributed by atoms with Crippen molar-refractivity contribution in [3.63, 3.8) is 0 Å². The van der Waals surface area contributed by atoms with Crippen molar-refractivity contribution in [2.45, 2.75) is 39.2 Å². The summed E-state index contributed by atoms with van der Waals surface area (Å²) in [5.74, 6) is 0. The zero-order valence-electron chi connectivity index (χ0n) is 7.48. The average molecular weight is 153 g/mol. The number of hydrogen-bond donors (Lipinski definition) is 0. The first kappa shape index (κ1) is 8.55. The van der Waals surface area contributed by atoms with E-state index in [1.165, 1.54) is 0 Å². The lowest BCUT2D eigenvalue weighted by molar-refractivity contribution is -0.0186. The molecule has 0 aromatic rings. The van der Waals surface area contributed by atoms with Crippen LogP contribution in [0.5, 0.6) is 0 Å². The lowest BCUT2D eigenvalue weighted by Gasteiger charge is -2.21. The van der Waals surface area contributed by atoms with Gasteiger partial charge in [0.2, 0.25) is 0 Å². The Hall–Kier alpha value is -0.550. The number of hydrogen-bond acceptors (Lipinski definition) is 2. The molecule has 0 atom stereocenters. The van der Waals surface area contributed by atoms with Crippen molar-refractivity contribution in [2.75, 3.05) is 6.61 Å². The molecule has 1 rings (SSSR count). The predicted octanol–water partition coefficient (Wildman–Crippen LogP) is 2.11. The van der Waals surface area contributed by atoms with Crippen molar-refractivity contribution in [3.05, 3.63) is 0 Å². The summed E-state index contributed by atoms with van der Waals surface area (Å²) in [6.07, 6.45) is 2.03. The Labute approximate surface area is 68.2 Å². The van der Waals surface area contributed by atoms with E-state index in [0.29, 0.717) is 6.61 Å². The molecule has 0 bridgehead atoms. The Morgan fingerprint density at radius 1 is 1.45 bits per heavy atom. The summed E-state index contributed by atoms with van der Waals surface area (Å²) < 4.78 is 5.52. The first-order valence-corrected chi connectivity index (χ1v) is 4.03. The van der Waals surface area contributed by atoms with Gasteiger partial charge in [-0.2, -0.15) is 5.26 Å². The van der Waals surface area contributed by atoms with Gasteiger partial charge in [-0.15, -0.1) is 0 Å². The number of nitriles is 1. The second-order valence-corrected chi connectivity index (χ2v) is 4.29. The van der Waals surface area contributed by atoms with Gasteiger partial charge in [-0.1, -0.05) is 0 Å². The normalized spacial score (nSPS) is 20.9. The van der Waals surface area contributed by atoms with Crippen LogP contribution in [0.15, 0.2) is 0 Å². The SMILES string of the molecule is CC(C)(C)OCC1(C#N)CC1. The van der Waals surface area contributed by atoms with Gasteiger partial charge in [-0.05, 0) is 33.6 Å². The smallest absolute Gasteiger partial charge is 0.0808 e. The van der Waals surface area contributed by atoms with E-state index in [9.17, 15) is 0 Å². The van der Waals surface area contributed by atoms with Crippen molar-refractivity contribution < 1.29 is 4.74 Å². The quantitative estimate of drug-likeness (QED) is 0.608. The van der Waals surface area contributed by atoms with Gasteiger partial charge in [-0.25, -0.2) is 0 Å². The van der Waals surface area contributed by atoms with Crippen molar-refractivity contribution in [1.29, 1.82) is 5.26 Å². The molecule has 2 heteroatoms. The Bertz CT molecular complexity index is 181. The molecule has 0 aromatic heterocycles. The van der Waals surface area contributed by atoms with Crippen LogP contribution in [0, 0.1) is 16.7 Å². The van der Waals surface area contributed by atoms with Gasteiger partial charge in [0.1, 0.15) is 0 Å². The van der Waals surface area contributed by atoms with Crippen LogP contribution in [0.3, 0.4) is 0 Å². The second kappa shape index (κ2) is 2.49. The van der Waals surface area contributed by atoms with Gasteiger partial charge >= 0.3 is 0 Å². The molecule has 0 heterocycles. The first-order valence-electron chi connectivity index (χ1n) is 4.03. The van der Waals surface area contributed by atoms with E-state index in [1.54, 1.807) is 0 Å². The van der Waals surface area contributed by atoms with E-state index in [4.69, 9.17) is 10.00 Å². The Morgan fingerprint density at radius 3 is 2.27 bits per heavy atom. The molecule has 0 saturated heterocycles. The predicted molar refractivity (Wildman–Crippen MR) is 43.0 cm³/mol.